The van der Waals surface area contributed by atoms with E-state index in [0.717, 1.165) is 30.5 Å². The first-order valence-electron chi connectivity index (χ1n) is 6.68. The van der Waals surface area contributed by atoms with Crippen LogP contribution < -0.4 is 5.32 Å². The van der Waals surface area contributed by atoms with Crippen LogP contribution in [0.25, 0.3) is 0 Å². The van der Waals surface area contributed by atoms with Crippen LogP contribution in [0.3, 0.4) is 0 Å². The van der Waals surface area contributed by atoms with Gasteiger partial charge in [-0.15, -0.1) is 0 Å². The zero-order chi connectivity index (χ0) is 13.8. The van der Waals surface area contributed by atoms with Crippen molar-refractivity contribution in [1.29, 1.82) is 0 Å². The lowest BCUT2D eigenvalue weighted by atomic mass is 9.85. The maximum atomic E-state index is 12.0. The summed E-state index contributed by atoms with van der Waals surface area (Å²) in [5.74, 6) is 0.280. The van der Waals surface area contributed by atoms with Gasteiger partial charge in [-0.3, -0.25) is 9.59 Å². The summed E-state index contributed by atoms with van der Waals surface area (Å²) in [6.45, 7) is 2.05. The van der Waals surface area contributed by atoms with Gasteiger partial charge >= 0.3 is 0 Å². The quantitative estimate of drug-likeness (QED) is 0.903. The summed E-state index contributed by atoms with van der Waals surface area (Å²) in [6.07, 6.45) is 3.12. The first-order valence-corrected chi connectivity index (χ1v) is 6.68. The average molecular weight is 260 g/mol. The number of benzene rings is 1. The van der Waals surface area contributed by atoms with Gasteiger partial charge in [0.25, 0.3) is 0 Å². The maximum absolute atomic E-state index is 12.0. The number of anilines is 1. The molecule has 4 heteroatoms. The van der Waals surface area contributed by atoms with Crippen molar-refractivity contribution in [2.45, 2.75) is 32.7 Å². The maximum Gasteiger partial charge on any atom is 0.227 e. The van der Waals surface area contributed by atoms with Gasteiger partial charge in [0, 0.05) is 32.1 Å². The first-order chi connectivity index (χ1) is 9.08. The number of para-hydroxylation sites is 1. The molecule has 1 fully saturated rings. The third-order valence-electron chi connectivity index (χ3n) is 3.70. The molecule has 1 aromatic rings. The Hall–Kier alpha value is -1.84. The molecule has 1 aromatic carbocycles. The van der Waals surface area contributed by atoms with Crippen LogP contribution in [0.1, 0.15) is 31.7 Å². The number of nitrogens with one attached hydrogen (secondary N) is 1. The second-order valence-electron chi connectivity index (χ2n) is 5.15. The summed E-state index contributed by atoms with van der Waals surface area (Å²) in [5.41, 5.74) is 1.78. The highest BCUT2D eigenvalue weighted by atomic mass is 16.2. The van der Waals surface area contributed by atoms with E-state index >= 15 is 0 Å². The molecule has 1 saturated carbocycles. The number of amides is 2. The van der Waals surface area contributed by atoms with Crippen molar-refractivity contribution in [2.24, 2.45) is 5.92 Å². The fraction of sp³-hybridized carbons (Fsp3) is 0.467. The molecule has 0 radical (unpaired) electrons. The number of carbonyl (C=O) groups is 2. The summed E-state index contributed by atoms with van der Waals surface area (Å²) in [6, 6.07) is 7.64. The van der Waals surface area contributed by atoms with Crippen LogP contribution >= 0.6 is 0 Å². The summed E-state index contributed by atoms with van der Waals surface area (Å²) in [4.78, 5) is 24.9. The Balaban J connectivity index is 2.07. The molecule has 2 amide bonds. The van der Waals surface area contributed by atoms with Crippen LogP contribution in [-0.4, -0.2) is 23.8 Å². The lowest BCUT2D eigenvalue weighted by Gasteiger charge is -2.25. The topological polar surface area (TPSA) is 49.4 Å². The minimum Gasteiger partial charge on any atom is -0.342 e. The van der Waals surface area contributed by atoms with E-state index < -0.39 is 0 Å². The van der Waals surface area contributed by atoms with Gasteiger partial charge < -0.3 is 10.2 Å². The molecule has 19 heavy (non-hydrogen) atoms. The molecule has 2 rings (SSSR count). The number of nitrogens with zero attached hydrogens (tertiary/aromatic N) is 1. The van der Waals surface area contributed by atoms with Crippen LogP contribution in [0, 0.1) is 5.92 Å². The fourth-order valence-electron chi connectivity index (χ4n) is 2.05. The second-order valence-corrected chi connectivity index (χ2v) is 5.15. The van der Waals surface area contributed by atoms with Gasteiger partial charge in [-0.1, -0.05) is 24.6 Å². The summed E-state index contributed by atoms with van der Waals surface area (Å²) >= 11 is 0. The molecular formula is C15H20N2O2. The molecular weight excluding hydrogens is 240 g/mol. The van der Waals surface area contributed by atoms with Gasteiger partial charge in [0.05, 0.1) is 0 Å². The molecule has 102 valence electrons. The molecule has 0 spiro atoms. The van der Waals surface area contributed by atoms with Crippen molar-refractivity contribution in [3.8, 4) is 0 Å². The van der Waals surface area contributed by atoms with Gasteiger partial charge in [0.15, 0.2) is 0 Å². The standard InChI is InChI=1S/C15H20N2O2/c1-11(18)17(2)10-13-6-3-4-9-14(13)16-15(19)12-7-5-8-12/h3-4,6,9,12H,5,7-8,10H2,1-2H3,(H,16,19). The smallest absolute Gasteiger partial charge is 0.227 e. The molecule has 0 unspecified atom stereocenters. The van der Waals surface area contributed by atoms with E-state index in [-0.39, 0.29) is 17.7 Å². The van der Waals surface area contributed by atoms with E-state index in [4.69, 9.17) is 0 Å². The van der Waals surface area contributed by atoms with Crippen molar-refractivity contribution in [2.75, 3.05) is 12.4 Å². The molecule has 0 bridgehead atoms. The predicted molar refractivity (Wildman–Crippen MR) is 74.6 cm³/mol. The highest BCUT2D eigenvalue weighted by Crippen LogP contribution is 2.28. The number of carbonyl (C=O) groups excluding carboxylic acids is 2. The van der Waals surface area contributed by atoms with E-state index in [0.29, 0.717) is 6.54 Å². The van der Waals surface area contributed by atoms with Gasteiger partial charge in [0.2, 0.25) is 11.8 Å². The van der Waals surface area contributed by atoms with Gasteiger partial charge in [0.1, 0.15) is 0 Å². The summed E-state index contributed by atoms with van der Waals surface area (Å²) in [7, 11) is 1.76. The highest BCUT2D eigenvalue weighted by molar-refractivity contribution is 5.93. The van der Waals surface area contributed by atoms with E-state index in [1.807, 2.05) is 24.3 Å². The minimum absolute atomic E-state index is 0.0140. The Kier molecular flexibility index (Phi) is 4.20. The molecule has 0 aromatic heterocycles. The van der Waals surface area contributed by atoms with E-state index in [1.165, 1.54) is 6.92 Å². The normalized spacial score (nSPS) is 14.6. The van der Waals surface area contributed by atoms with Crippen molar-refractivity contribution >= 4 is 17.5 Å². The molecule has 1 aliphatic rings. The second kappa shape index (κ2) is 5.87. The largest absolute Gasteiger partial charge is 0.342 e. The molecule has 1 N–H and O–H groups in total. The monoisotopic (exact) mass is 260 g/mol. The Morgan fingerprint density at radius 3 is 2.58 bits per heavy atom. The van der Waals surface area contributed by atoms with Crippen molar-refractivity contribution in [3.05, 3.63) is 29.8 Å². The van der Waals surface area contributed by atoms with Crippen LogP contribution in [0.5, 0.6) is 0 Å². The number of hydrogen-bond donors (Lipinski definition) is 1. The zero-order valence-electron chi connectivity index (χ0n) is 11.5. The molecule has 0 aliphatic heterocycles. The van der Waals surface area contributed by atoms with Crippen LogP contribution in [0.2, 0.25) is 0 Å². The fourth-order valence-corrected chi connectivity index (χ4v) is 2.05. The number of rotatable bonds is 4. The average Bonchev–Trinajstić information content (AvgIpc) is 2.29. The van der Waals surface area contributed by atoms with Crippen molar-refractivity contribution in [1.82, 2.24) is 4.90 Å². The molecule has 0 saturated heterocycles. The van der Waals surface area contributed by atoms with Crippen molar-refractivity contribution < 1.29 is 9.59 Å². The summed E-state index contributed by atoms with van der Waals surface area (Å²) in [5, 5.41) is 2.98. The lowest BCUT2D eigenvalue weighted by molar-refractivity contribution is -0.128. The Morgan fingerprint density at radius 1 is 1.32 bits per heavy atom. The SMILES string of the molecule is CC(=O)N(C)Cc1ccccc1NC(=O)C1CCC1. The van der Waals surface area contributed by atoms with E-state index in [9.17, 15) is 9.59 Å². The van der Waals surface area contributed by atoms with Crippen LogP contribution in [0.15, 0.2) is 24.3 Å². The zero-order valence-corrected chi connectivity index (χ0v) is 11.5. The molecule has 4 nitrogen and oxygen atoms in total. The van der Waals surface area contributed by atoms with E-state index in [1.54, 1.807) is 11.9 Å². The van der Waals surface area contributed by atoms with Crippen molar-refractivity contribution in [3.63, 3.8) is 0 Å². The first kappa shape index (κ1) is 13.6. The lowest BCUT2D eigenvalue weighted by Crippen LogP contribution is -2.29. The molecule has 1 aliphatic carbocycles. The Morgan fingerprint density at radius 2 is 2.00 bits per heavy atom. The van der Waals surface area contributed by atoms with E-state index in [2.05, 4.69) is 5.32 Å². The Labute approximate surface area is 113 Å². The summed E-state index contributed by atoms with van der Waals surface area (Å²) < 4.78 is 0. The third kappa shape index (κ3) is 3.34. The molecule has 0 atom stereocenters. The minimum atomic E-state index is 0.0140. The van der Waals surface area contributed by atoms with Crippen LogP contribution in [0.4, 0.5) is 5.69 Å². The van der Waals surface area contributed by atoms with Crippen LogP contribution in [-0.2, 0) is 16.1 Å². The Bertz CT molecular complexity index is 481. The predicted octanol–water partition coefficient (Wildman–Crippen LogP) is 2.40. The third-order valence-corrected chi connectivity index (χ3v) is 3.70. The molecule has 0 heterocycles. The van der Waals surface area contributed by atoms with Gasteiger partial charge in [-0.05, 0) is 24.5 Å². The number of hydrogen-bond acceptors (Lipinski definition) is 2. The van der Waals surface area contributed by atoms with Gasteiger partial charge in [-0.2, -0.15) is 0 Å². The highest BCUT2D eigenvalue weighted by Gasteiger charge is 2.25. The van der Waals surface area contributed by atoms with Gasteiger partial charge in [-0.25, -0.2) is 0 Å².